The third-order valence-electron chi connectivity index (χ3n) is 3.27. The molecule has 0 radical (unpaired) electrons. The molecule has 2 aromatic carbocycles. The lowest BCUT2D eigenvalue weighted by molar-refractivity contribution is 0.0970. The van der Waals surface area contributed by atoms with Crippen LogP contribution in [-0.4, -0.2) is 17.5 Å². The summed E-state index contributed by atoms with van der Waals surface area (Å²) in [6, 6.07) is 13.9. The van der Waals surface area contributed by atoms with Gasteiger partial charge in [-0.15, -0.1) is 0 Å². The second kappa shape index (κ2) is 5.28. The Labute approximate surface area is 120 Å². The third-order valence-corrected chi connectivity index (χ3v) is 3.27. The van der Waals surface area contributed by atoms with E-state index in [9.17, 15) is 9.59 Å². The SMILES string of the molecule is COc1cccc(C(=O)Cn2c(=O)oc3ccccc32)c1. The zero-order valence-electron chi connectivity index (χ0n) is 11.4. The first kappa shape index (κ1) is 13.2. The highest BCUT2D eigenvalue weighted by Gasteiger charge is 2.14. The van der Waals surface area contributed by atoms with Gasteiger partial charge >= 0.3 is 5.76 Å². The Kier molecular flexibility index (Phi) is 3.31. The molecule has 0 saturated carbocycles. The van der Waals surface area contributed by atoms with Crippen molar-refractivity contribution in [2.75, 3.05) is 7.11 Å². The van der Waals surface area contributed by atoms with Crippen LogP contribution in [-0.2, 0) is 6.54 Å². The first-order valence-electron chi connectivity index (χ1n) is 6.44. The highest BCUT2D eigenvalue weighted by Crippen LogP contribution is 2.15. The number of oxazole rings is 1. The van der Waals surface area contributed by atoms with Gasteiger partial charge in [-0.2, -0.15) is 0 Å². The first-order valence-corrected chi connectivity index (χ1v) is 6.44. The number of benzene rings is 2. The number of aromatic nitrogens is 1. The number of hydrogen-bond acceptors (Lipinski definition) is 4. The standard InChI is InChI=1S/C16H13NO4/c1-20-12-6-4-5-11(9-12)14(18)10-17-13-7-2-3-8-15(13)21-16(17)19/h2-9H,10H2,1H3. The van der Waals surface area contributed by atoms with E-state index in [1.807, 2.05) is 0 Å². The molecular weight excluding hydrogens is 270 g/mol. The second-order valence-corrected chi connectivity index (χ2v) is 4.58. The molecule has 0 bridgehead atoms. The predicted molar refractivity (Wildman–Crippen MR) is 77.8 cm³/mol. The van der Waals surface area contributed by atoms with Crippen molar-refractivity contribution in [3.05, 3.63) is 64.6 Å². The van der Waals surface area contributed by atoms with Crippen LogP contribution in [0.15, 0.2) is 57.7 Å². The Balaban J connectivity index is 1.96. The van der Waals surface area contributed by atoms with Crippen molar-refractivity contribution in [1.82, 2.24) is 4.57 Å². The zero-order chi connectivity index (χ0) is 14.8. The fourth-order valence-corrected chi connectivity index (χ4v) is 2.20. The van der Waals surface area contributed by atoms with E-state index in [-0.39, 0.29) is 12.3 Å². The molecular formula is C16H13NO4. The summed E-state index contributed by atoms with van der Waals surface area (Å²) in [6.45, 7) is -0.0665. The monoisotopic (exact) mass is 283 g/mol. The summed E-state index contributed by atoms with van der Waals surface area (Å²) >= 11 is 0. The molecule has 0 fully saturated rings. The molecule has 106 valence electrons. The number of ketones is 1. The van der Waals surface area contributed by atoms with Crippen LogP contribution in [0.2, 0.25) is 0 Å². The van der Waals surface area contributed by atoms with Crippen molar-refractivity contribution in [3.63, 3.8) is 0 Å². The van der Waals surface area contributed by atoms with E-state index in [1.165, 1.54) is 11.7 Å². The van der Waals surface area contributed by atoms with Crippen LogP contribution < -0.4 is 10.5 Å². The topological polar surface area (TPSA) is 61.4 Å². The minimum Gasteiger partial charge on any atom is -0.497 e. The molecule has 0 saturated heterocycles. The van der Waals surface area contributed by atoms with Crippen molar-refractivity contribution in [1.29, 1.82) is 0 Å². The van der Waals surface area contributed by atoms with E-state index in [0.29, 0.717) is 22.4 Å². The summed E-state index contributed by atoms with van der Waals surface area (Å²) in [7, 11) is 1.54. The summed E-state index contributed by atoms with van der Waals surface area (Å²) in [6.07, 6.45) is 0. The molecule has 5 heteroatoms. The third kappa shape index (κ3) is 2.45. The second-order valence-electron chi connectivity index (χ2n) is 4.58. The number of Topliss-reactive ketones (excluding diaryl/α,β-unsaturated/α-hetero) is 1. The van der Waals surface area contributed by atoms with Crippen LogP contribution in [0.1, 0.15) is 10.4 Å². The van der Waals surface area contributed by atoms with Gasteiger partial charge in [-0.1, -0.05) is 24.3 Å². The normalized spacial score (nSPS) is 10.7. The van der Waals surface area contributed by atoms with Gasteiger partial charge in [0, 0.05) is 5.56 Å². The summed E-state index contributed by atoms with van der Waals surface area (Å²) in [5, 5.41) is 0. The Hall–Kier alpha value is -2.82. The largest absolute Gasteiger partial charge is 0.497 e. The van der Waals surface area contributed by atoms with Crippen LogP contribution >= 0.6 is 0 Å². The molecule has 21 heavy (non-hydrogen) atoms. The number of rotatable bonds is 4. The number of hydrogen-bond donors (Lipinski definition) is 0. The van der Waals surface area contributed by atoms with Gasteiger partial charge in [0.1, 0.15) is 5.75 Å². The molecule has 0 aliphatic rings. The van der Waals surface area contributed by atoms with E-state index < -0.39 is 5.76 Å². The molecule has 0 spiro atoms. The molecule has 1 heterocycles. The van der Waals surface area contributed by atoms with Gasteiger partial charge in [-0.25, -0.2) is 4.79 Å². The first-order chi connectivity index (χ1) is 10.2. The van der Waals surface area contributed by atoms with E-state index >= 15 is 0 Å². The van der Waals surface area contributed by atoms with E-state index in [4.69, 9.17) is 9.15 Å². The minimum absolute atomic E-state index is 0.0665. The lowest BCUT2D eigenvalue weighted by Crippen LogP contribution is -2.20. The van der Waals surface area contributed by atoms with Gasteiger partial charge in [0.25, 0.3) is 0 Å². The molecule has 1 aromatic heterocycles. The van der Waals surface area contributed by atoms with Crippen molar-refractivity contribution in [2.45, 2.75) is 6.54 Å². The summed E-state index contributed by atoms with van der Waals surface area (Å²) in [5.74, 6) is -0.111. The molecule has 0 unspecified atom stereocenters. The minimum atomic E-state index is -0.535. The van der Waals surface area contributed by atoms with Gasteiger partial charge in [0.15, 0.2) is 11.4 Å². The van der Waals surface area contributed by atoms with Crippen LogP contribution in [0.25, 0.3) is 11.1 Å². The number of ether oxygens (including phenoxy) is 1. The maximum Gasteiger partial charge on any atom is 0.420 e. The summed E-state index contributed by atoms with van der Waals surface area (Å²) in [4.78, 5) is 24.2. The van der Waals surface area contributed by atoms with Crippen LogP contribution in [0.3, 0.4) is 0 Å². The van der Waals surface area contributed by atoms with E-state index in [2.05, 4.69) is 0 Å². The lowest BCUT2D eigenvalue weighted by atomic mass is 10.1. The fourth-order valence-electron chi connectivity index (χ4n) is 2.20. The number of carbonyl (C=O) groups excluding carboxylic acids is 1. The molecule has 3 aromatic rings. The quantitative estimate of drug-likeness (QED) is 0.690. The Morgan fingerprint density at radius 1 is 1.19 bits per heavy atom. The van der Waals surface area contributed by atoms with E-state index in [1.54, 1.807) is 48.5 Å². The smallest absolute Gasteiger partial charge is 0.420 e. The van der Waals surface area contributed by atoms with Gasteiger partial charge in [0.2, 0.25) is 0 Å². The Morgan fingerprint density at radius 3 is 2.81 bits per heavy atom. The fraction of sp³-hybridized carbons (Fsp3) is 0.125. The Morgan fingerprint density at radius 2 is 2.00 bits per heavy atom. The Bertz CT molecular complexity index is 860. The molecule has 0 aliphatic heterocycles. The van der Waals surface area contributed by atoms with Gasteiger partial charge in [0.05, 0.1) is 19.2 Å². The van der Waals surface area contributed by atoms with Crippen molar-refractivity contribution >= 4 is 16.9 Å². The number of nitrogens with zero attached hydrogens (tertiary/aromatic N) is 1. The van der Waals surface area contributed by atoms with Gasteiger partial charge in [-0.05, 0) is 24.3 Å². The average Bonchev–Trinajstić information content (AvgIpc) is 2.83. The maximum atomic E-state index is 12.3. The zero-order valence-corrected chi connectivity index (χ0v) is 11.4. The predicted octanol–water partition coefficient (Wildman–Crippen LogP) is 2.49. The van der Waals surface area contributed by atoms with Crippen LogP contribution in [0.5, 0.6) is 5.75 Å². The van der Waals surface area contributed by atoms with Crippen LogP contribution in [0.4, 0.5) is 0 Å². The maximum absolute atomic E-state index is 12.3. The lowest BCUT2D eigenvalue weighted by Gasteiger charge is -2.04. The van der Waals surface area contributed by atoms with Gasteiger partial charge < -0.3 is 9.15 Å². The van der Waals surface area contributed by atoms with Gasteiger partial charge in [-0.3, -0.25) is 9.36 Å². The van der Waals surface area contributed by atoms with Crippen molar-refractivity contribution in [3.8, 4) is 5.75 Å². The molecule has 3 rings (SSSR count). The van der Waals surface area contributed by atoms with Crippen LogP contribution in [0, 0.1) is 0 Å². The number of carbonyl (C=O) groups is 1. The average molecular weight is 283 g/mol. The summed E-state index contributed by atoms with van der Waals surface area (Å²) < 4.78 is 11.5. The number of para-hydroxylation sites is 2. The molecule has 0 atom stereocenters. The highest BCUT2D eigenvalue weighted by molar-refractivity contribution is 5.96. The molecule has 0 aliphatic carbocycles. The molecule has 0 N–H and O–H groups in total. The number of fused-ring (bicyclic) bond motifs is 1. The molecule has 0 amide bonds. The van der Waals surface area contributed by atoms with E-state index in [0.717, 1.165) is 0 Å². The highest BCUT2D eigenvalue weighted by atomic mass is 16.5. The molecule has 5 nitrogen and oxygen atoms in total. The number of methoxy groups -OCH3 is 1. The van der Waals surface area contributed by atoms with Crippen molar-refractivity contribution in [2.24, 2.45) is 0 Å². The summed E-state index contributed by atoms with van der Waals surface area (Å²) in [5.41, 5.74) is 1.58. The van der Waals surface area contributed by atoms with Crippen molar-refractivity contribution < 1.29 is 13.9 Å².